The van der Waals surface area contributed by atoms with Crippen molar-refractivity contribution in [3.05, 3.63) is 35.4 Å². The molecule has 3 rings (SSSR count). The first-order valence-electron chi connectivity index (χ1n) is 7.57. The Morgan fingerprint density at radius 1 is 1.15 bits per heavy atom. The number of rotatable bonds is 4. The topological polar surface area (TPSA) is 15.3 Å². The van der Waals surface area contributed by atoms with Crippen molar-refractivity contribution < 1.29 is 8.78 Å². The minimum Gasteiger partial charge on any atom is -0.310 e. The number of hydrogen-bond acceptors (Lipinski definition) is 2. The fraction of sp³-hybridized carbons (Fsp3) is 0.625. The van der Waals surface area contributed by atoms with Gasteiger partial charge in [-0.25, -0.2) is 8.78 Å². The van der Waals surface area contributed by atoms with Crippen LogP contribution in [0.1, 0.15) is 43.2 Å². The standard InChI is InChI=1S/C16H22F2N2/c17-16(18)13-5-3-12(4-6-13)11-19-14-7-9-20-8-1-2-15(20)10-14/h3-6,14-16,19H,1-2,7-11H2. The van der Waals surface area contributed by atoms with Crippen molar-refractivity contribution in [1.82, 2.24) is 10.2 Å². The van der Waals surface area contributed by atoms with Crippen LogP contribution in [0.2, 0.25) is 0 Å². The van der Waals surface area contributed by atoms with Gasteiger partial charge in [0.1, 0.15) is 0 Å². The van der Waals surface area contributed by atoms with Crippen LogP contribution < -0.4 is 5.32 Å². The van der Waals surface area contributed by atoms with Gasteiger partial charge in [0, 0.05) is 24.2 Å². The number of fused-ring (bicyclic) bond motifs is 1. The highest BCUT2D eigenvalue weighted by molar-refractivity contribution is 5.23. The number of nitrogens with zero attached hydrogens (tertiary/aromatic N) is 1. The molecule has 1 aromatic rings. The molecule has 110 valence electrons. The first-order valence-corrected chi connectivity index (χ1v) is 7.57. The van der Waals surface area contributed by atoms with Crippen molar-refractivity contribution in [2.75, 3.05) is 13.1 Å². The Morgan fingerprint density at radius 2 is 1.95 bits per heavy atom. The van der Waals surface area contributed by atoms with Gasteiger partial charge < -0.3 is 10.2 Å². The van der Waals surface area contributed by atoms with E-state index in [9.17, 15) is 8.78 Å². The second kappa shape index (κ2) is 6.19. The van der Waals surface area contributed by atoms with Crippen LogP contribution in [0, 0.1) is 0 Å². The molecule has 4 heteroatoms. The highest BCUT2D eigenvalue weighted by Gasteiger charge is 2.31. The van der Waals surface area contributed by atoms with Gasteiger partial charge in [-0.15, -0.1) is 0 Å². The molecule has 0 bridgehead atoms. The molecule has 0 aromatic heterocycles. The van der Waals surface area contributed by atoms with Crippen molar-refractivity contribution in [2.45, 2.75) is 50.7 Å². The molecule has 2 saturated heterocycles. The molecule has 2 aliphatic rings. The smallest absolute Gasteiger partial charge is 0.263 e. The molecule has 0 aliphatic carbocycles. The summed E-state index contributed by atoms with van der Waals surface area (Å²) in [7, 11) is 0. The molecule has 2 nitrogen and oxygen atoms in total. The number of hydrogen-bond donors (Lipinski definition) is 1. The fourth-order valence-corrected chi connectivity index (χ4v) is 3.45. The van der Waals surface area contributed by atoms with E-state index >= 15 is 0 Å². The number of piperidine rings is 1. The van der Waals surface area contributed by atoms with E-state index in [4.69, 9.17) is 0 Å². The highest BCUT2D eigenvalue weighted by atomic mass is 19.3. The lowest BCUT2D eigenvalue weighted by molar-refractivity contribution is 0.151. The third-order valence-corrected chi connectivity index (χ3v) is 4.65. The largest absolute Gasteiger partial charge is 0.310 e. The molecule has 0 radical (unpaired) electrons. The van der Waals surface area contributed by atoms with Crippen molar-refractivity contribution in [3.8, 4) is 0 Å². The second-order valence-electron chi connectivity index (χ2n) is 5.98. The summed E-state index contributed by atoms with van der Waals surface area (Å²) in [6.07, 6.45) is 2.73. The predicted octanol–water partition coefficient (Wildman–Crippen LogP) is 3.34. The first-order chi connectivity index (χ1) is 9.72. The van der Waals surface area contributed by atoms with Crippen LogP contribution in [0.25, 0.3) is 0 Å². The minimum atomic E-state index is -2.37. The first kappa shape index (κ1) is 14.0. The van der Waals surface area contributed by atoms with E-state index in [1.54, 1.807) is 12.1 Å². The Balaban J connectivity index is 1.49. The number of halogens is 2. The van der Waals surface area contributed by atoms with E-state index in [0.717, 1.165) is 18.2 Å². The summed E-state index contributed by atoms with van der Waals surface area (Å²) in [5, 5.41) is 3.59. The maximum Gasteiger partial charge on any atom is 0.263 e. The molecular weight excluding hydrogens is 258 g/mol. The summed E-state index contributed by atoms with van der Waals surface area (Å²) in [6.45, 7) is 3.25. The molecule has 2 fully saturated rings. The molecule has 20 heavy (non-hydrogen) atoms. The van der Waals surface area contributed by atoms with Crippen LogP contribution in [-0.2, 0) is 6.54 Å². The van der Waals surface area contributed by atoms with Gasteiger partial charge in [0.05, 0.1) is 0 Å². The van der Waals surface area contributed by atoms with Crippen LogP contribution in [-0.4, -0.2) is 30.1 Å². The Labute approximate surface area is 119 Å². The minimum absolute atomic E-state index is 0.105. The van der Waals surface area contributed by atoms with E-state index in [1.165, 1.54) is 50.9 Å². The average Bonchev–Trinajstić information content (AvgIpc) is 2.93. The van der Waals surface area contributed by atoms with Gasteiger partial charge in [-0.05, 0) is 44.3 Å². The van der Waals surface area contributed by atoms with Gasteiger partial charge in [0.25, 0.3) is 6.43 Å². The molecule has 0 amide bonds. The summed E-state index contributed by atoms with van der Waals surface area (Å²) >= 11 is 0. The van der Waals surface area contributed by atoms with Gasteiger partial charge in [0.2, 0.25) is 0 Å². The third kappa shape index (κ3) is 3.18. The quantitative estimate of drug-likeness (QED) is 0.910. The molecule has 2 aliphatic heterocycles. The summed E-state index contributed by atoms with van der Waals surface area (Å²) in [5.74, 6) is 0. The second-order valence-corrected chi connectivity index (χ2v) is 5.98. The van der Waals surface area contributed by atoms with Crippen molar-refractivity contribution in [3.63, 3.8) is 0 Å². The van der Waals surface area contributed by atoms with Crippen LogP contribution in [0.15, 0.2) is 24.3 Å². The normalized spacial score (nSPS) is 26.9. The van der Waals surface area contributed by atoms with Crippen LogP contribution in [0.5, 0.6) is 0 Å². The Kier molecular flexibility index (Phi) is 4.32. The molecule has 2 heterocycles. The van der Waals surface area contributed by atoms with Crippen molar-refractivity contribution in [2.24, 2.45) is 0 Å². The Hall–Kier alpha value is -1.00. The number of benzene rings is 1. The SMILES string of the molecule is FC(F)c1ccc(CNC2CCN3CCCC3C2)cc1. The van der Waals surface area contributed by atoms with Crippen LogP contribution in [0.4, 0.5) is 8.78 Å². The van der Waals surface area contributed by atoms with Crippen LogP contribution >= 0.6 is 0 Å². The lowest BCUT2D eigenvalue weighted by atomic mass is 9.97. The fourth-order valence-electron chi connectivity index (χ4n) is 3.45. The maximum absolute atomic E-state index is 12.5. The zero-order valence-electron chi connectivity index (χ0n) is 11.7. The molecule has 1 aromatic carbocycles. The molecule has 1 N–H and O–H groups in total. The zero-order chi connectivity index (χ0) is 13.9. The van der Waals surface area contributed by atoms with Gasteiger partial charge in [0.15, 0.2) is 0 Å². The van der Waals surface area contributed by atoms with Crippen molar-refractivity contribution in [1.29, 1.82) is 0 Å². The lowest BCUT2D eigenvalue weighted by Crippen LogP contribution is -2.45. The summed E-state index contributed by atoms with van der Waals surface area (Å²) in [6, 6.07) is 8.01. The molecular formula is C16H22F2N2. The van der Waals surface area contributed by atoms with Crippen LogP contribution in [0.3, 0.4) is 0 Å². The van der Waals surface area contributed by atoms with E-state index < -0.39 is 6.43 Å². The molecule has 0 spiro atoms. The summed E-state index contributed by atoms with van der Waals surface area (Å²) in [4.78, 5) is 2.61. The summed E-state index contributed by atoms with van der Waals surface area (Å²) in [5.41, 5.74) is 1.19. The van der Waals surface area contributed by atoms with E-state index in [0.29, 0.717) is 6.04 Å². The van der Waals surface area contributed by atoms with E-state index in [-0.39, 0.29) is 5.56 Å². The van der Waals surface area contributed by atoms with Crippen molar-refractivity contribution >= 4 is 0 Å². The maximum atomic E-state index is 12.5. The third-order valence-electron chi connectivity index (χ3n) is 4.65. The van der Waals surface area contributed by atoms with Gasteiger partial charge in [-0.3, -0.25) is 0 Å². The predicted molar refractivity (Wildman–Crippen MR) is 75.9 cm³/mol. The van der Waals surface area contributed by atoms with Gasteiger partial charge in [-0.2, -0.15) is 0 Å². The zero-order valence-corrected chi connectivity index (χ0v) is 11.7. The average molecular weight is 280 g/mol. The summed E-state index contributed by atoms with van der Waals surface area (Å²) < 4.78 is 25.0. The lowest BCUT2D eigenvalue weighted by Gasteiger charge is -2.35. The van der Waals surface area contributed by atoms with Gasteiger partial charge in [-0.1, -0.05) is 24.3 Å². The number of nitrogens with one attached hydrogen (secondary N) is 1. The Bertz CT molecular complexity index is 433. The molecule has 2 unspecified atom stereocenters. The highest BCUT2D eigenvalue weighted by Crippen LogP contribution is 2.27. The molecule has 0 saturated carbocycles. The monoisotopic (exact) mass is 280 g/mol. The molecule has 2 atom stereocenters. The van der Waals surface area contributed by atoms with E-state index in [1.807, 2.05) is 0 Å². The Morgan fingerprint density at radius 3 is 2.70 bits per heavy atom. The van der Waals surface area contributed by atoms with Gasteiger partial charge >= 0.3 is 0 Å². The van der Waals surface area contributed by atoms with E-state index in [2.05, 4.69) is 10.2 Å². The number of alkyl halides is 2.